The lowest BCUT2D eigenvalue weighted by Crippen LogP contribution is -2.06. The zero-order chi connectivity index (χ0) is 7.66. The fraction of sp³-hybridized carbons (Fsp3) is 1.00. The lowest BCUT2D eigenvalue weighted by atomic mass is 10.8. The predicted octanol–water partition coefficient (Wildman–Crippen LogP) is 1.02. The summed E-state index contributed by atoms with van der Waals surface area (Å²) < 4.78 is 14.8. The van der Waals surface area contributed by atoms with Crippen molar-refractivity contribution >= 4 is 15.9 Å². The van der Waals surface area contributed by atoms with Gasteiger partial charge in [0.15, 0.2) is 0 Å². The third-order valence-electron chi connectivity index (χ3n) is 0.820. The largest absolute Gasteiger partial charge is 0.382 e. The average Bonchev–Trinajstić information content (AvgIpc) is 1.97. The topological polar surface area (TPSA) is 27.7 Å². The molecule has 0 N–H and O–H groups in total. The maximum Gasteiger partial charge on any atom is 0.146 e. The Morgan fingerprint density at radius 1 is 1.10 bits per heavy atom. The van der Waals surface area contributed by atoms with E-state index in [1.165, 1.54) is 0 Å². The minimum Gasteiger partial charge on any atom is -0.382 e. The molecular formula is C6H13BrO3. The summed E-state index contributed by atoms with van der Waals surface area (Å²) in [6, 6.07) is 0. The first-order chi connectivity index (χ1) is 4.91. The normalized spacial score (nSPS) is 10.2. The van der Waals surface area contributed by atoms with E-state index in [9.17, 15) is 0 Å². The molecule has 0 aliphatic carbocycles. The molecule has 3 nitrogen and oxygen atoms in total. The molecular weight excluding hydrogens is 200 g/mol. The SMILES string of the molecule is COCCOCOCCBr. The van der Waals surface area contributed by atoms with Crippen molar-refractivity contribution in [3.63, 3.8) is 0 Å². The molecule has 0 fully saturated rings. The third kappa shape index (κ3) is 8.36. The molecule has 0 aliphatic heterocycles. The van der Waals surface area contributed by atoms with Gasteiger partial charge in [0, 0.05) is 12.4 Å². The van der Waals surface area contributed by atoms with Gasteiger partial charge in [-0.15, -0.1) is 0 Å². The molecule has 0 rings (SSSR count). The Labute approximate surface area is 69.8 Å². The van der Waals surface area contributed by atoms with Crippen LogP contribution in [0.15, 0.2) is 0 Å². The summed E-state index contributed by atoms with van der Waals surface area (Å²) in [5.74, 6) is 0. The van der Waals surface area contributed by atoms with Crippen molar-refractivity contribution in [1.82, 2.24) is 0 Å². The Morgan fingerprint density at radius 2 is 1.80 bits per heavy atom. The van der Waals surface area contributed by atoms with Gasteiger partial charge < -0.3 is 14.2 Å². The molecule has 0 amide bonds. The number of rotatable bonds is 7. The summed E-state index contributed by atoms with van der Waals surface area (Å²) in [4.78, 5) is 0. The molecule has 0 unspecified atom stereocenters. The van der Waals surface area contributed by atoms with Crippen LogP contribution in [-0.4, -0.2) is 39.1 Å². The molecule has 0 radical (unpaired) electrons. The van der Waals surface area contributed by atoms with Crippen molar-refractivity contribution in [1.29, 1.82) is 0 Å². The molecule has 4 heteroatoms. The number of methoxy groups -OCH3 is 1. The Morgan fingerprint density at radius 3 is 2.40 bits per heavy atom. The predicted molar refractivity (Wildman–Crippen MR) is 42.4 cm³/mol. The fourth-order valence-electron chi connectivity index (χ4n) is 0.374. The van der Waals surface area contributed by atoms with Gasteiger partial charge in [0.05, 0.1) is 19.8 Å². The van der Waals surface area contributed by atoms with Crippen LogP contribution in [0, 0.1) is 0 Å². The van der Waals surface area contributed by atoms with Crippen LogP contribution in [0.1, 0.15) is 0 Å². The maximum absolute atomic E-state index is 5.01. The highest BCUT2D eigenvalue weighted by molar-refractivity contribution is 9.09. The van der Waals surface area contributed by atoms with Crippen LogP contribution in [-0.2, 0) is 14.2 Å². The van der Waals surface area contributed by atoms with E-state index in [1.54, 1.807) is 7.11 Å². The molecule has 0 spiro atoms. The second-order valence-corrected chi connectivity index (χ2v) is 2.41. The number of halogens is 1. The maximum atomic E-state index is 5.01. The Bertz CT molecular complexity index is 53.0. The zero-order valence-electron chi connectivity index (χ0n) is 6.14. The van der Waals surface area contributed by atoms with Crippen LogP contribution in [0.4, 0.5) is 0 Å². The zero-order valence-corrected chi connectivity index (χ0v) is 7.72. The summed E-state index contributed by atoms with van der Waals surface area (Å²) in [6.07, 6.45) is 0. The van der Waals surface area contributed by atoms with Crippen molar-refractivity contribution in [2.24, 2.45) is 0 Å². The lowest BCUT2D eigenvalue weighted by Gasteiger charge is -2.02. The van der Waals surface area contributed by atoms with Crippen molar-refractivity contribution in [2.75, 3.05) is 39.1 Å². The molecule has 62 valence electrons. The van der Waals surface area contributed by atoms with Crippen LogP contribution in [0.25, 0.3) is 0 Å². The smallest absolute Gasteiger partial charge is 0.146 e. The van der Waals surface area contributed by atoms with Crippen LogP contribution in [0.2, 0.25) is 0 Å². The van der Waals surface area contributed by atoms with Gasteiger partial charge in [-0.25, -0.2) is 0 Å². The first-order valence-corrected chi connectivity index (χ1v) is 4.24. The lowest BCUT2D eigenvalue weighted by molar-refractivity contribution is -0.0607. The van der Waals surface area contributed by atoms with E-state index >= 15 is 0 Å². The summed E-state index contributed by atoms with van der Waals surface area (Å²) in [5, 5.41) is 0.848. The molecule has 0 atom stereocenters. The highest BCUT2D eigenvalue weighted by Gasteiger charge is 1.85. The summed E-state index contributed by atoms with van der Waals surface area (Å²) in [5.41, 5.74) is 0. The van der Waals surface area contributed by atoms with Crippen molar-refractivity contribution < 1.29 is 14.2 Å². The minimum atomic E-state index is 0.356. The number of hydrogen-bond acceptors (Lipinski definition) is 3. The van der Waals surface area contributed by atoms with Gasteiger partial charge in [0.25, 0.3) is 0 Å². The molecule has 0 aromatic rings. The van der Waals surface area contributed by atoms with Crippen molar-refractivity contribution in [3.05, 3.63) is 0 Å². The van der Waals surface area contributed by atoms with E-state index in [0.29, 0.717) is 26.6 Å². The summed E-state index contributed by atoms with van der Waals surface area (Å²) in [6.45, 7) is 2.26. The van der Waals surface area contributed by atoms with E-state index in [4.69, 9.17) is 14.2 Å². The fourth-order valence-corrected chi connectivity index (χ4v) is 0.603. The molecule has 0 bridgehead atoms. The molecule has 0 heterocycles. The molecule has 0 aromatic heterocycles. The van der Waals surface area contributed by atoms with Crippen LogP contribution in [0.3, 0.4) is 0 Å². The van der Waals surface area contributed by atoms with Crippen LogP contribution in [0.5, 0.6) is 0 Å². The number of alkyl halides is 1. The monoisotopic (exact) mass is 212 g/mol. The van der Waals surface area contributed by atoms with Gasteiger partial charge in [-0.3, -0.25) is 0 Å². The van der Waals surface area contributed by atoms with Crippen molar-refractivity contribution in [3.8, 4) is 0 Å². The first-order valence-electron chi connectivity index (χ1n) is 3.12. The minimum absolute atomic E-state index is 0.356. The van der Waals surface area contributed by atoms with Gasteiger partial charge >= 0.3 is 0 Å². The second-order valence-electron chi connectivity index (χ2n) is 1.62. The van der Waals surface area contributed by atoms with E-state index in [1.807, 2.05) is 0 Å². The van der Waals surface area contributed by atoms with Gasteiger partial charge in [0.2, 0.25) is 0 Å². The third-order valence-corrected chi connectivity index (χ3v) is 1.14. The average molecular weight is 213 g/mol. The van der Waals surface area contributed by atoms with E-state index in [2.05, 4.69) is 15.9 Å². The molecule has 0 aromatic carbocycles. The molecule has 10 heavy (non-hydrogen) atoms. The van der Waals surface area contributed by atoms with Gasteiger partial charge in [-0.1, -0.05) is 15.9 Å². The summed E-state index contributed by atoms with van der Waals surface area (Å²) >= 11 is 3.23. The molecule has 0 saturated heterocycles. The number of ether oxygens (including phenoxy) is 3. The quantitative estimate of drug-likeness (QED) is 0.359. The Kier molecular flexibility index (Phi) is 9.70. The molecule has 0 aliphatic rings. The highest BCUT2D eigenvalue weighted by atomic mass is 79.9. The highest BCUT2D eigenvalue weighted by Crippen LogP contribution is 1.82. The first kappa shape index (κ1) is 10.4. The summed E-state index contributed by atoms with van der Waals surface area (Å²) in [7, 11) is 1.64. The van der Waals surface area contributed by atoms with Crippen LogP contribution < -0.4 is 0 Å². The second kappa shape index (κ2) is 9.36. The van der Waals surface area contributed by atoms with Gasteiger partial charge in [-0.05, 0) is 0 Å². The van der Waals surface area contributed by atoms with Crippen LogP contribution >= 0.6 is 15.9 Å². The van der Waals surface area contributed by atoms with E-state index in [0.717, 1.165) is 5.33 Å². The van der Waals surface area contributed by atoms with Gasteiger partial charge in [-0.2, -0.15) is 0 Å². The number of hydrogen-bond donors (Lipinski definition) is 0. The standard InChI is InChI=1S/C6H13BrO3/c1-8-4-5-10-6-9-3-2-7/h2-6H2,1H3. The van der Waals surface area contributed by atoms with E-state index < -0.39 is 0 Å². The molecule has 0 saturated carbocycles. The van der Waals surface area contributed by atoms with E-state index in [-0.39, 0.29) is 0 Å². The Balaban J connectivity index is 2.65. The van der Waals surface area contributed by atoms with Crippen molar-refractivity contribution in [2.45, 2.75) is 0 Å². The Hall–Kier alpha value is 0.360. The van der Waals surface area contributed by atoms with Gasteiger partial charge in [0.1, 0.15) is 6.79 Å².